The molecule has 7 heteroatoms. The van der Waals surface area contributed by atoms with E-state index in [1.54, 1.807) is 6.20 Å². The van der Waals surface area contributed by atoms with Gasteiger partial charge in [-0.2, -0.15) is 4.98 Å². The van der Waals surface area contributed by atoms with Crippen molar-refractivity contribution in [2.75, 3.05) is 63.6 Å². The molecule has 2 saturated heterocycles. The lowest BCUT2D eigenvalue weighted by Gasteiger charge is -2.35. The van der Waals surface area contributed by atoms with Crippen molar-refractivity contribution in [1.82, 2.24) is 19.8 Å². The summed E-state index contributed by atoms with van der Waals surface area (Å²) in [6.07, 6.45) is 4.59. The molecule has 0 aromatic carbocycles. The molecule has 2 aliphatic rings. The summed E-state index contributed by atoms with van der Waals surface area (Å²) in [5.41, 5.74) is 0. The molecule has 0 atom stereocenters. The Balaban J connectivity index is 1.47. The average molecular weight is 332 g/mol. The predicted molar refractivity (Wildman–Crippen MR) is 95.2 cm³/mol. The molecule has 2 aliphatic heterocycles. The minimum atomic E-state index is 0.334. The van der Waals surface area contributed by atoms with Crippen LogP contribution >= 0.6 is 0 Å². The number of hydrogen-bond acceptors (Lipinski definition) is 6. The molecule has 0 radical (unpaired) electrons. The fourth-order valence-corrected chi connectivity index (χ4v) is 3.44. The first-order chi connectivity index (χ1) is 11.7. The van der Waals surface area contributed by atoms with E-state index in [4.69, 9.17) is 0 Å². The molecular formula is C17H28N6O. The molecule has 132 valence electrons. The topological polar surface area (TPSA) is 64.6 Å². The number of amides is 1. The maximum Gasteiger partial charge on any atom is 0.224 e. The number of nitrogens with one attached hydrogen (secondary N) is 1. The first-order valence-corrected chi connectivity index (χ1v) is 8.88. The highest BCUT2D eigenvalue weighted by Gasteiger charge is 2.26. The van der Waals surface area contributed by atoms with Crippen molar-refractivity contribution >= 4 is 17.7 Å². The van der Waals surface area contributed by atoms with Gasteiger partial charge >= 0.3 is 0 Å². The van der Waals surface area contributed by atoms with Gasteiger partial charge in [-0.3, -0.25) is 4.79 Å². The second kappa shape index (κ2) is 7.79. The monoisotopic (exact) mass is 332 g/mol. The van der Waals surface area contributed by atoms with Gasteiger partial charge in [0.2, 0.25) is 11.9 Å². The average Bonchev–Trinajstić information content (AvgIpc) is 2.63. The van der Waals surface area contributed by atoms with Crippen molar-refractivity contribution in [3.63, 3.8) is 0 Å². The van der Waals surface area contributed by atoms with Crippen LogP contribution in [0, 0.1) is 5.92 Å². The molecule has 0 bridgehead atoms. The van der Waals surface area contributed by atoms with Gasteiger partial charge in [0.15, 0.2) is 0 Å². The van der Waals surface area contributed by atoms with Gasteiger partial charge in [-0.25, -0.2) is 4.98 Å². The van der Waals surface area contributed by atoms with Crippen molar-refractivity contribution in [2.45, 2.75) is 19.3 Å². The Morgan fingerprint density at radius 2 is 1.92 bits per heavy atom. The number of piperidine rings is 1. The first kappa shape index (κ1) is 17.0. The predicted octanol–water partition coefficient (Wildman–Crippen LogP) is 0.899. The zero-order chi connectivity index (χ0) is 16.9. The smallest absolute Gasteiger partial charge is 0.224 e. The van der Waals surface area contributed by atoms with E-state index in [1.165, 1.54) is 0 Å². The van der Waals surface area contributed by atoms with E-state index in [1.807, 2.05) is 18.0 Å². The van der Waals surface area contributed by atoms with E-state index in [-0.39, 0.29) is 0 Å². The summed E-state index contributed by atoms with van der Waals surface area (Å²) in [7, 11) is 3.94. The van der Waals surface area contributed by atoms with E-state index in [2.05, 4.69) is 32.1 Å². The number of carbonyl (C=O) groups is 1. The van der Waals surface area contributed by atoms with Crippen LogP contribution in [0.3, 0.4) is 0 Å². The Hall–Kier alpha value is -1.89. The van der Waals surface area contributed by atoms with Gasteiger partial charge in [-0.1, -0.05) is 0 Å². The van der Waals surface area contributed by atoms with Crippen LogP contribution in [0.1, 0.15) is 19.3 Å². The summed E-state index contributed by atoms with van der Waals surface area (Å²) >= 11 is 0. The number of nitrogens with zero attached hydrogens (tertiary/aromatic N) is 5. The molecule has 24 heavy (non-hydrogen) atoms. The highest BCUT2D eigenvalue weighted by Crippen LogP contribution is 2.25. The van der Waals surface area contributed by atoms with Crippen molar-refractivity contribution < 1.29 is 4.79 Å². The van der Waals surface area contributed by atoms with E-state index in [9.17, 15) is 4.79 Å². The minimum absolute atomic E-state index is 0.334. The maximum atomic E-state index is 12.5. The molecule has 0 unspecified atom stereocenters. The van der Waals surface area contributed by atoms with Crippen LogP contribution < -0.4 is 10.2 Å². The van der Waals surface area contributed by atoms with E-state index < -0.39 is 0 Å². The Labute approximate surface area is 144 Å². The van der Waals surface area contributed by atoms with Crippen LogP contribution in [0.5, 0.6) is 0 Å². The molecule has 1 aromatic heterocycles. The fourth-order valence-electron chi connectivity index (χ4n) is 3.44. The van der Waals surface area contributed by atoms with Gasteiger partial charge in [0.1, 0.15) is 5.82 Å². The molecule has 0 aliphatic carbocycles. The third kappa shape index (κ3) is 4.14. The molecule has 0 spiro atoms. The van der Waals surface area contributed by atoms with Crippen LogP contribution in [-0.4, -0.2) is 79.0 Å². The molecule has 1 amide bonds. The Bertz CT molecular complexity index is 550. The molecule has 3 heterocycles. The standard InChI is InChI=1S/C17H28N6O/c1-18-17-19-6-3-15(20-17)22-7-4-14(5-8-22)13-16(24)23-11-9-21(2)10-12-23/h3,6,14H,4-5,7-13H2,1-2H3,(H,18,19,20). The van der Waals surface area contributed by atoms with E-state index >= 15 is 0 Å². The van der Waals surface area contributed by atoms with Crippen LogP contribution in [-0.2, 0) is 4.79 Å². The number of anilines is 2. The SMILES string of the molecule is CNc1nccc(N2CCC(CC(=O)N3CCN(C)CC3)CC2)n1. The normalized spacial score (nSPS) is 20.2. The summed E-state index contributed by atoms with van der Waals surface area (Å²) in [5, 5.41) is 2.98. The van der Waals surface area contributed by atoms with E-state index in [0.29, 0.717) is 24.2 Å². The molecule has 2 fully saturated rings. The molecule has 7 nitrogen and oxygen atoms in total. The second-order valence-corrected chi connectivity index (χ2v) is 6.81. The Morgan fingerprint density at radius 1 is 1.21 bits per heavy atom. The highest BCUT2D eigenvalue weighted by molar-refractivity contribution is 5.76. The molecule has 3 rings (SSSR count). The van der Waals surface area contributed by atoms with Crippen molar-refractivity contribution in [3.05, 3.63) is 12.3 Å². The zero-order valence-electron chi connectivity index (χ0n) is 14.7. The summed E-state index contributed by atoms with van der Waals surface area (Å²) in [4.78, 5) is 27.7. The number of aromatic nitrogens is 2. The van der Waals surface area contributed by atoms with Gasteiger partial charge in [-0.05, 0) is 31.9 Å². The van der Waals surface area contributed by atoms with Crippen LogP contribution in [0.4, 0.5) is 11.8 Å². The minimum Gasteiger partial charge on any atom is -0.357 e. The number of likely N-dealkylation sites (N-methyl/N-ethyl adjacent to an activating group) is 1. The third-order valence-corrected chi connectivity index (χ3v) is 5.12. The molecule has 1 N–H and O–H groups in total. The van der Waals surface area contributed by atoms with Crippen LogP contribution in [0.25, 0.3) is 0 Å². The largest absolute Gasteiger partial charge is 0.357 e. The summed E-state index contributed by atoms with van der Waals surface area (Å²) in [6, 6.07) is 1.95. The van der Waals surface area contributed by atoms with Gasteiger partial charge in [0.05, 0.1) is 0 Å². The van der Waals surface area contributed by atoms with Crippen molar-refractivity contribution in [1.29, 1.82) is 0 Å². The number of rotatable bonds is 4. The Kier molecular flexibility index (Phi) is 5.50. The number of hydrogen-bond donors (Lipinski definition) is 1. The quantitative estimate of drug-likeness (QED) is 0.884. The number of carbonyl (C=O) groups excluding carboxylic acids is 1. The lowest BCUT2D eigenvalue weighted by atomic mass is 9.93. The fraction of sp³-hybridized carbons (Fsp3) is 0.706. The van der Waals surface area contributed by atoms with Gasteiger partial charge < -0.3 is 20.0 Å². The van der Waals surface area contributed by atoms with Crippen LogP contribution in [0.15, 0.2) is 12.3 Å². The molecule has 0 saturated carbocycles. The second-order valence-electron chi connectivity index (χ2n) is 6.81. The van der Waals surface area contributed by atoms with Crippen molar-refractivity contribution in [2.24, 2.45) is 5.92 Å². The third-order valence-electron chi connectivity index (χ3n) is 5.12. The maximum absolute atomic E-state index is 12.5. The van der Waals surface area contributed by atoms with Gasteiger partial charge in [-0.15, -0.1) is 0 Å². The summed E-state index contributed by atoms with van der Waals surface area (Å²) < 4.78 is 0. The molecule has 1 aromatic rings. The number of piperazine rings is 1. The lowest BCUT2D eigenvalue weighted by Crippen LogP contribution is -2.47. The molecular weight excluding hydrogens is 304 g/mol. The zero-order valence-corrected chi connectivity index (χ0v) is 14.7. The summed E-state index contributed by atoms with van der Waals surface area (Å²) in [5.74, 6) is 2.46. The Morgan fingerprint density at radius 3 is 2.58 bits per heavy atom. The first-order valence-electron chi connectivity index (χ1n) is 8.88. The lowest BCUT2D eigenvalue weighted by molar-refractivity contribution is -0.133. The summed E-state index contributed by atoms with van der Waals surface area (Å²) in [6.45, 7) is 5.66. The van der Waals surface area contributed by atoms with Gasteiger partial charge in [0.25, 0.3) is 0 Å². The van der Waals surface area contributed by atoms with Crippen molar-refractivity contribution in [3.8, 4) is 0 Å². The van der Waals surface area contributed by atoms with Crippen LogP contribution in [0.2, 0.25) is 0 Å². The van der Waals surface area contributed by atoms with E-state index in [0.717, 1.165) is 57.9 Å². The highest BCUT2D eigenvalue weighted by atomic mass is 16.2. The van der Waals surface area contributed by atoms with Gasteiger partial charge in [0, 0.05) is 58.9 Å².